The molecule has 7 aromatic rings. The Morgan fingerprint density at radius 1 is 0.771 bits per heavy atom. The molecule has 6 heteroatoms. The zero-order valence-corrected chi connectivity index (χ0v) is 33.3. The Balaban J connectivity index is 0.000000241. The van der Waals surface area contributed by atoms with Gasteiger partial charge in [-0.3, -0.25) is 0 Å². The van der Waals surface area contributed by atoms with Crippen LogP contribution in [0.5, 0.6) is 0 Å². The summed E-state index contributed by atoms with van der Waals surface area (Å²) in [6, 6.07) is 39.4. The molecule has 0 amide bonds. The van der Waals surface area contributed by atoms with Gasteiger partial charge < -0.3 is 4.98 Å². The standard InChI is InChI=1S/C28H23FNS.C14H16GeN.Ir/c1-28(2,3)17-18-12-13-30-25(14-18)21-7-11-24-23-10-6-20(15-26(23)31-27(24)16-21)19-4-8-22(29)9-5-19;1-15(2,3)13-9-10-14(16-11-13)12-7-5-4-6-8-12;/h4-6,8-16H,17H2,1-3H3;4-7,9-11H,1-3H3;/q2*-1;/i17D2;;. The summed E-state index contributed by atoms with van der Waals surface area (Å²) >= 11 is -0.0153. The molecule has 48 heavy (non-hydrogen) atoms. The average molecular weight is 890 g/mol. The van der Waals surface area contributed by atoms with Gasteiger partial charge in [0.05, 0.1) is 0 Å². The SMILES string of the molecule is [2H]C([2H])(c1ccnc(-c2[c-]cc3c(c2)sc2cc(-c4ccc(F)cc4)ccc23)c1)C(C)(C)C.[CH3][Ge]([CH3])([CH3])[c]1ccc(-c2[c-]cccc2)nc1.[Ir]. The predicted octanol–water partition coefficient (Wildman–Crippen LogP) is 11.4. The molecule has 0 bridgehead atoms. The number of nitrogens with zero attached hydrogens (tertiary/aromatic N) is 2. The van der Waals surface area contributed by atoms with E-state index >= 15 is 0 Å². The summed E-state index contributed by atoms with van der Waals surface area (Å²) in [4.78, 5) is 9.03. The number of halogens is 1. The Morgan fingerprint density at radius 2 is 1.52 bits per heavy atom. The van der Waals surface area contributed by atoms with Gasteiger partial charge in [0.1, 0.15) is 5.82 Å². The van der Waals surface area contributed by atoms with Crippen LogP contribution in [0.2, 0.25) is 17.3 Å². The molecule has 245 valence electrons. The molecule has 0 unspecified atom stereocenters. The topological polar surface area (TPSA) is 25.8 Å². The number of thiophene rings is 1. The van der Waals surface area contributed by atoms with Gasteiger partial charge in [-0.25, -0.2) is 4.39 Å². The Kier molecular flexibility index (Phi) is 10.3. The third-order valence-corrected chi connectivity index (χ3v) is 13.1. The summed E-state index contributed by atoms with van der Waals surface area (Å²) in [7, 11) is 0. The zero-order chi connectivity index (χ0) is 35.0. The molecule has 7 rings (SSSR count). The maximum Gasteiger partial charge on any atom is 0 e. The molecule has 0 aliphatic rings. The third kappa shape index (κ3) is 8.75. The predicted molar refractivity (Wildman–Crippen MR) is 201 cm³/mol. The molecule has 0 spiro atoms. The first-order chi connectivity index (χ1) is 23.2. The third-order valence-electron chi connectivity index (χ3n) is 7.75. The Morgan fingerprint density at radius 3 is 2.19 bits per heavy atom. The van der Waals surface area contributed by atoms with Crippen LogP contribution >= 0.6 is 11.3 Å². The van der Waals surface area contributed by atoms with Gasteiger partial charge in [-0.05, 0) is 63.0 Å². The Hall–Kier alpha value is -3.48. The van der Waals surface area contributed by atoms with Gasteiger partial charge >= 0.3 is 99.8 Å². The number of hydrogen-bond donors (Lipinski definition) is 0. The minimum absolute atomic E-state index is 0. The summed E-state index contributed by atoms with van der Waals surface area (Å²) < 4.78 is 34.2. The summed E-state index contributed by atoms with van der Waals surface area (Å²) in [5.74, 6) is 6.90. The van der Waals surface area contributed by atoms with E-state index in [0.29, 0.717) is 11.3 Å². The van der Waals surface area contributed by atoms with Crippen molar-refractivity contribution in [2.75, 3.05) is 0 Å². The number of aromatic nitrogens is 2. The monoisotopic (exact) mass is 891 g/mol. The van der Waals surface area contributed by atoms with Gasteiger partial charge in [0.2, 0.25) is 0 Å². The normalized spacial score (nSPS) is 12.5. The molecule has 0 saturated heterocycles. The van der Waals surface area contributed by atoms with Crippen molar-refractivity contribution in [2.24, 2.45) is 5.41 Å². The van der Waals surface area contributed by atoms with Crippen LogP contribution < -0.4 is 4.40 Å². The molecule has 0 aliphatic heterocycles. The van der Waals surface area contributed by atoms with Crippen LogP contribution in [0.1, 0.15) is 29.1 Å². The van der Waals surface area contributed by atoms with Crippen molar-refractivity contribution in [1.29, 1.82) is 0 Å². The van der Waals surface area contributed by atoms with Crippen molar-refractivity contribution >= 4 is 49.2 Å². The van der Waals surface area contributed by atoms with E-state index in [2.05, 4.69) is 75.8 Å². The van der Waals surface area contributed by atoms with Crippen molar-refractivity contribution in [3.05, 3.63) is 139 Å². The second-order valence-corrected chi connectivity index (χ2v) is 25.4. The van der Waals surface area contributed by atoms with Crippen molar-refractivity contribution in [1.82, 2.24) is 9.97 Å². The maximum atomic E-state index is 13.3. The summed E-state index contributed by atoms with van der Waals surface area (Å²) in [5, 5.41) is 2.29. The summed E-state index contributed by atoms with van der Waals surface area (Å²) in [5.41, 5.74) is 5.76. The molecule has 1 radical (unpaired) electrons. The molecule has 4 aromatic carbocycles. The van der Waals surface area contributed by atoms with Gasteiger partial charge in [0.15, 0.2) is 0 Å². The maximum absolute atomic E-state index is 13.3. The van der Waals surface area contributed by atoms with Gasteiger partial charge in [0, 0.05) is 33.7 Å². The van der Waals surface area contributed by atoms with E-state index in [-0.39, 0.29) is 25.9 Å². The molecule has 3 aromatic heterocycles. The van der Waals surface area contributed by atoms with Gasteiger partial charge in [-0.2, -0.15) is 11.3 Å². The summed E-state index contributed by atoms with van der Waals surface area (Å²) in [6.45, 7) is 5.72. The van der Waals surface area contributed by atoms with Crippen molar-refractivity contribution in [2.45, 2.75) is 44.4 Å². The fourth-order valence-corrected chi connectivity index (χ4v) is 8.66. The Bertz CT molecular complexity index is 2220. The van der Waals surface area contributed by atoms with E-state index in [1.165, 1.54) is 16.5 Å². The second kappa shape index (κ2) is 15.0. The fraction of sp³-hybridized carbons (Fsp3) is 0.190. The van der Waals surface area contributed by atoms with Crippen LogP contribution in [0.3, 0.4) is 0 Å². The minimum Gasteiger partial charge on any atom is 0 e. The molecule has 0 N–H and O–H groups in total. The first-order valence-corrected chi connectivity index (χ1v) is 23.9. The van der Waals surface area contributed by atoms with Crippen LogP contribution in [0.4, 0.5) is 4.39 Å². The molecular formula is C42H39FGeIrN2S-2. The molecule has 0 atom stereocenters. The van der Waals surface area contributed by atoms with E-state index < -0.39 is 25.1 Å². The largest absolute Gasteiger partial charge is 0 e. The first-order valence-electron chi connectivity index (χ1n) is 16.8. The minimum atomic E-state index is -1.72. The van der Waals surface area contributed by atoms with Crippen LogP contribution in [-0.2, 0) is 26.5 Å². The van der Waals surface area contributed by atoms with Crippen molar-refractivity contribution in [3.63, 3.8) is 0 Å². The fourth-order valence-electron chi connectivity index (χ4n) is 5.32. The molecule has 0 fully saturated rings. The first kappa shape index (κ1) is 33.0. The van der Waals surface area contributed by atoms with E-state index in [1.54, 1.807) is 35.7 Å². The molecule has 0 aliphatic carbocycles. The van der Waals surface area contributed by atoms with E-state index in [1.807, 2.05) is 63.4 Å². The summed E-state index contributed by atoms with van der Waals surface area (Å²) in [6.07, 6.45) is 2.23. The number of hydrogen-bond acceptors (Lipinski definition) is 3. The van der Waals surface area contributed by atoms with Crippen molar-refractivity contribution in [3.8, 4) is 33.6 Å². The van der Waals surface area contributed by atoms with E-state index in [9.17, 15) is 4.39 Å². The smallest absolute Gasteiger partial charge is 0 e. The van der Waals surface area contributed by atoms with Gasteiger partial charge in [-0.1, -0.05) is 62.1 Å². The second-order valence-electron chi connectivity index (χ2n) is 13.7. The van der Waals surface area contributed by atoms with E-state index in [4.69, 9.17) is 2.74 Å². The van der Waals surface area contributed by atoms with Crippen LogP contribution in [0.15, 0.2) is 116 Å². The van der Waals surface area contributed by atoms with Crippen LogP contribution in [0, 0.1) is 23.4 Å². The van der Waals surface area contributed by atoms with Gasteiger partial charge in [0.25, 0.3) is 0 Å². The number of rotatable bonds is 5. The van der Waals surface area contributed by atoms with Gasteiger partial charge in [-0.15, -0.1) is 23.8 Å². The molecular weight excluding hydrogens is 848 g/mol. The number of fused-ring (bicyclic) bond motifs is 3. The zero-order valence-electron chi connectivity index (χ0n) is 30.0. The van der Waals surface area contributed by atoms with E-state index in [0.717, 1.165) is 48.1 Å². The molecule has 2 nitrogen and oxygen atoms in total. The Labute approximate surface area is 307 Å². The molecule has 0 saturated carbocycles. The quantitative estimate of drug-likeness (QED) is 0.127. The molecule has 3 heterocycles. The van der Waals surface area contributed by atoms with Crippen LogP contribution in [-0.4, -0.2) is 23.2 Å². The average Bonchev–Trinajstić information content (AvgIpc) is 3.46. The number of pyridine rings is 2. The van der Waals surface area contributed by atoms with Crippen LogP contribution in [0.25, 0.3) is 53.8 Å². The van der Waals surface area contributed by atoms with Crippen molar-refractivity contribution < 1.29 is 27.2 Å². The number of benzene rings is 4.